The van der Waals surface area contributed by atoms with Crippen LogP contribution >= 0.6 is 0 Å². The Hall–Kier alpha value is -2.11. The number of rotatable bonds is 2. The summed E-state index contributed by atoms with van der Waals surface area (Å²) in [5.41, 5.74) is 5.86. The Bertz CT molecular complexity index is 323. The molecule has 13 heavy (non-hydrogen) atoms. The summed E-state index contributed by atoms with van der Waals surface area (Å²) in [7, 11) is 0. The van der Waals surface area contributed by atoms with Crippen LogP contribution in [0.5, 0.6) is 0 Å². The first-order valence-electron chi connectivity index (χ1n) is 3.49. The summed E-state index contributed by atoms with van der Waals surface area (Å²) >= 11 is 0. The van der Waals surface area contributed by atoms with Crippen molar-refractivity contribution < 1.29 is 5.03 Å². The van der Waals surface area contributed by atoms with Gasteiger partial charge in [0.05, 0.1) is 0 Å². The van der Waals surface area contributed by atoms with Gasteiger partial charge in [0.15, 0.2) is 5.03 Å². The molecular formula is C7H8N4O2. The molecule has 0 aliphatic rings. The molecule has 0 fully saturated rings. The van der Waals surface area contributed by atoms with Crippen LogP contribution in [0.2, 0.25) is 0 Å². The number of hydrogen-bond donors (Lipinski definition) is 2. The number of nitrogens with two attached hydrogens (primary N) is 1. The molecule has 0 amide bonds. The van der Waals surface area contributed by atoms with E-state index in [9.17, 15) is 10.1 Å². The molecule has 0 spiro atoms. The first-order valence-corrected chi connectivity index (χ1v) is 3.49. The number of nitrogens with zero attached hydrogens (tertiary/aromatic N) is 2. The van der Waals surface area contributed by atoms with Crippen molar-refractivity contribution in [2.45, 2.75) is 0 Å². The lowest BCUT2D eigenvalue weighted by molar-refractivity contribution is -0.485. The summed E-state index contributed by atoms with van der Waals surface area (Å²) in [6.07, 6.45) is 0. The van der Waals surface area contributed by atoms with Crippen LogP contribution in [0.1, 0.15) is 0 Å². The van der Waals surface area contributed by atoms with Gasteiger partial charge in [0.25, 0.3) is 5.96 Å². The second-order valence-corrected chi connectivity index (χ2v) is 2.21. The third-order valence-corrected chi connectivity index (χ3v) is 1.24. The second kappa shape index (κ2) is 4.05. The third-order valence-electron chi connectivity index (χ3n) is 1.24. The number of para-hydroxylation sites is 1. The van der Waals surface area contributed by atoms with Crippen LogP contribution in [0.4, 0.5) is 5.69 Å². The molecule has 1 aromatic rings. The van der Waals surface area contributed by atoms with E-state index in [-0.39, 0.29) is 5.96 Å². The van der Waals surface area contributed by atoms with Crippen molar-refractivity contribution in [3.63, 3.8) is 0 Å². The molecule has 0 unspecified atom stereocenters. The van der Waals surface area contributed by atoms with Crippen LogP contribution in [-0.2, 0) is 0 Å². The van der Waals surface area contributed by atoms with E-state index in [0.29, 0.717) is 5.69 Å². The number of hydrazone groups is 1. The number of benzene rings is 1. The van der Waals surface area contributed by atoms with Crippen LogP contribution in [0, 0.1) is 10.1 Å². The van der Waals surface area contributed by atoms with Crippen LogP contribution < -0.4 is 11.1 Å². The Morgan fingerprint density at radius 1 is 1.46 bits per heavy atom. The lowest BCUT2D eigenvalue weighted by Crippen LogP contribution is -2.23. The van der Waals surface area contributed by atoms with Gasteiger partial charge in [-0.15, -0.1) is 0 Å². The van der Waals surface area contributed by atoms with Gasteiger partial charge in [0, 0.05) is 5.69 Å². The van der Waals surface area contributed by atoms with Crippen molar-refractivity contribution in [2.24, 2.45) is 10.8 Å². The standard InChI is InChI=1S/C7H8N4O2/c8-7(10-11(12)13)9-6-4-2-1-3-5-6/h1-5H,(H3,8,9,10). The summed E-state index contributed by atoms with van der Waals surface area (Å²) < 4.78 is 0. The highest BCUT2D eigenvalue weighted by atomic mass is 16.7. The number of nitro groups is 1. The zero-order valence-corrected chi connectivity index (χ0v) is 6.68. The van der Waals surface area contributed by atoms with Crippen LogP contribution in [-0.4, -0.2) is 11.0 Å². The Kier molecular flexibility index (Phi) is 2.80. The highest BCUT2D eigenvalue weighted by molar-refractivity contribution is 5.91. The monoisotopic (exact) mass is 180 g/mol. The number of hydrogen-bond acceptors (Lipinski definition) is 2. The van der Waals surface area contributed by atoms with E-state index >= 15 is 0 Å². The molecule has 1 rings (SSSR count). The molecule has 6 nitrogen and oxygen atoms in total. The average Bonchev–Trinajstić information content (AvgIpc) is 2.04. The predicted octanol–water partition coefficient (Wildman–Crippen LogP) is 0.605. The quantitative estimate of drug-likeness (QED) is 0.301. The van der Waals surface area contributed by atoms with E-state index in [1.54, 1.807) is 24.3 Å². The molecule has 6 heteroatoms. The Morgan fingerprint density at radius 3 is 2.62 bits per heavy atom. The molecule has 0 heterocycles. The third kappa shape index (κ3) is 3.19. The normalized spacial score (nSPS) is 10.9. The summed E-state index contributed by atoms with van der Waals surface area (Å²) in [5, 5.41) is 14.5. The average molecular weight is 180 g/mol. The fourth-order valence-electron chi connectivity index (χ4n) is 0.782. The summed E-state index contributed by atoms with van der Waals surface area (Å²) in [6, 6.07) is 8.83. The van der Waals surface area contributed by atoms with Crippen molar-refractivity contribution >= 4 is 11.6 Å². The minimum absolute atomic E-state index is 0.240. The Morgan fingerprint density at radius 2 is 2.08 bits per heavy atom. The number of guanidine groups is 1. The fourth-order valence-corrected chi connectivity index (χ4v) is 0.782. The molecular weight excluding hydrogens is 172 g/mol. The maximum absolute atomic E-state index is 9.90. The molecule has 0 aromatic heterocycles. The molecule has 0 saturated carbocycles. The van der Waals surface area contributed by atoms with Gasteiger partial charge in [-0.2, -0.15) is 0 Å². The maximum Gasteiger partial charge on any atom is 0.270 e. The van der Waals surface area contributed by atoms with Gasteiger partial charge in [0.1, 0.15) is 5.10 Å². The van der Waals surface area contributed by atoms with Gasteiger partial charge >= 0.3 is 0 Å². The Labute approximate surface area is 74.2 Å². The SMILES string of the molecule is N/C(=N\[N+](=O)[O-])Nc1ccccc1. The van der Waals surface area contributed by atoms with E-state index in [1.807, 2.05) is 6.07 Å². The predicted molar refractivity (Wildman–Crippen MR) is 48.7 cm³/mol. The first-order chi connectivity index (χ1) is 6.18. The van der Waals surface area contributed by atoms with E-state index in [2.05, 4.69) is 10.4 Å². The van der Waals surface area contributed by atoms with E-state index in [0.717, 1.165) is 0 Å². The molecule has 0 aliphatic carbocycles. The Balaban J connectivity index is 2.65. The lowest BCUT2D eigenvalue weighted by Gasteiger charge is -2.00. The van der Waals surface area contributed by atoms with Gasteiger partial charge in [-0.1, -0.05) is 18.2 Å². The van der Waals surface area contributed by atoms with Crippen molar-refractivity contribution in [3.05, 3.63) is 40.4 Å². The van der Waals surface area contributed by atoms with E-state index < -0.39 is 5.03 Å². The van der Waals surface area contributed by atoms with Crippen molar-refractivity contribution in [1.82, 2.24) is 0 Å². The van der Waals surface area contributed by atoms with Gasteiger partial charge in [-0.05, 0) is 12.1 Å². The molecule has 0 saturated heterocycles. The van der Waals surface area contributed by atoms with Crippen LogP contribution in [0.15, 0.2) is 35.4 Å². The second-order valence-electron chi connectivity index (χ2n) is 2.21. The van der Waals surface area contributed by atoms with E-state index in [4.69, 9.17) is 5.73 Å². The van der Waals surface area contributed by atoms with Gasteiger partial charge in [-0.3, -0.25) is 0 Å². The number of nitrogens with one attached hydrogen (secondary N) is 1. The summed E-state index contributed by atoms with van der Waals surface area (Å²) in [6.45, 7) is 0. The highest BCUT2D eigenvalue weighted by Gasteiger charge is 1.98. The van der Waals surface area contributed by atoms with Gasteiger partial charge < -0.3 is 11.1 Å². The minimum atomic E-state index is -0.856. The van der Waals surface area contributed by atoms with Crippen molar-refractivity contribution in [2.75, 3.05) is 5.32 Å². The topological polar surface area (TPSA) is 93.5 Å². The summed E-state index contributed by atoms with van der Waals surface area (Å²) in [5.74, 6) is -0.240. The lowest BCUT2D eigenvalue weighted by atomic mass is 10.3. The molecule has 0 aliphatic heterocycles. The van der Waals surface area contributed by atoms with Gasteiger partial charge in [0.2, 0.25) is 0 Å². The van der Waals surface area contributed by atoms with Crippen LogP contribution in [0.3, 0.4) is 0 Å². The smallest absolute Gasteiger partial charge is 0.270 e. The molecule has 0 atom stereocenters. The minimum Gasteiger partial charge on any atom is -0.364 e. The highest BCUT2D eigenvalue weighted by Crippen LogP contribution is 2.03. The molecule has 1 aromatic carbocycles. The molecule has 3 N–H and O–H groups in total. The molecule has 68 valence electrons. The fraction of sp³-hybridized carbons (Fsp3) is 0. The zero-order valence-electron chi connectivity index (χ0n) is 6.68. The molecule has 0 bridgehead atoms. The summed E-state index contributed by atoms with van der Waals surface area (Å²) in [4.78, 5) is 9.90. The van der Waals surface area contributed by atoms with Crippen LogP contribution in [0.25, 0.3) is 0 Å². The molecule has 0 radical (unpaired) electrons. The van der Waals surface area contributed by atoms with Crippen molar-refractivity contribution in [3.8, 4) is 0 Å². The largest absolute Gasteiger partial charge is 0.364 e. The zero-order chi connectivity index (χ0) is 9.68. The maximum atomic E-state index is 9.90. The number of anilines is 1. The first kappa shape index (κ1) is 8.98. The van der Waals surface area contributed by atoms with Gasteiger partial charge in [-0.25, -0.2) is 10.1 Å². The van der Waals surface area contributed by atoms with Crippen molar-refractivity contribution in [1.29, 1.82) is 0 Å². The van der Waals surface area contributed by atoms with E-state index in [1.165, 1.54) is 0 Å².